The lowest BCUT2D eigenvalue weighted by Crippen LogP contribution is -2.12. The largest absolute Gasteiger partial charge is 0.508 e. The second-order valence-corrected chi connectivity index (χ2v) is 36.4. The van der Waals surface area contributed by atoms with Crippen LogP contribution in [0.5, 0.6) is 69.0 Å². The summed E-state index contributed by atoms with van der Waals surface area (Å²) in [7, 11) is 0. The van der Waals surface area contributed by atoms with Crippen LogP contribution in [-0.4, -0.2) is 61.3 Å². The summed E-state index contributed by atoms with van der Waals surface area (Å²) in [6.45, 7) is 24.2. The molecule has 12 N–H and O–H groups in total. The van der Waals surface area contributed by atoms with Crippen molar-refractivity contribution in [2.24, 2.45) is 0 Å². The summed E-state index contributed by atoms with van der Waals surface area (Å²) in [5, 5.41) is 130. The van der Waals surface area contributed by atoms with Crippen LogP contribution in [0.25, 0.3) is 32.3 Å². The fourth-order valence-corrected chi connectivity index (χ4v) is 21.0. The molecule has 133 heavy (non-hydrogen) atoms. The molecule has 0 radical (unpaired) electrons. The van der Waals surface area contributed by atoms with Crippen molar-refractivity contribution in [2.75, 3.05) is 0 Å². The maximum Gasteiger partial charge on any atom is 0.115 e. The number of phenols is 12. The summed E-state index contributed by atoms with van der Waals surface area (Å²) < 4.78 is 0.929. The van der Waals surface area contributed by atoms with Crippen LogP contribution in [0.15, 0.2) is 326 Å². The Morgan fingerprint density at radius 1 is 0.150 bits per heavy atom. The molecule has 0 aromatic heterocycles. The van der Waals surface area contributed by atoms with Crippen molar-refractivity contribution in [3.05, 3.63) is 493 Å². The maximum atomic E-state index is 10.4. The van der Waals surface area contributed by atoms with E-state index in [2.05, 4.69) is 119 Å². The molecule has 18 rings (SSSR count). The number of benzene rings is 18. The molecular weight excluding hydrogens is 1710 g/mol. The molecule has 0 amide bonds. The Balaban J connectivity index is 0.000000146. The van der Waals surface area contributed by atoms with Crippen molar-refractivity contribution in [3.8, 4) is 69.0 Å². The average molecular weight is 1820 g/mol. The highest BCUT2D eigenvalue weighted by Gasteiger charge is 2.34. The van der Waals surface area contributed by atoms with Gasteiger partial charge in [-0.15, -0.1) is 0 Å². The minimum atomic E-state index is -0.209. The zero-order chi connectivity index (χ0) is 94.2. The van der Waals surface area contributed by atoms with Gasteiger partial charge in [0.2, 0.25) is 0 Å². The third-order valence-corrected chi connectivity index (χ3v) is 27.3. The molecule has 18 aromatic carbocycles. The molecule has 0 heterocycles. The lowest BCUT2D eigenvalue weighted by Gasteiger charge is -2.30. The molecule has 18 aromatic rings. The quantitative estimate of drug-likeness (QED) is 0.0284. The van der Waals surface area contributed by atoms with E-state index < -0.39 is 0 Å². The highest BCUT2D eigenvalue weighted by atomic mass is 79.9. The second kappa shape index (κ2) is 38.1. The minimum absolute atomic E-state index is 0.134. The average Bonchev–Trinajstić information content (AvgIpc) is 0.712. The van der Waals surface area contributed by atoms with E-state index in [1.807, 2.05) is 180 Å². The van der Waals surface area contributed by atoms with Gasteiger partial charge >= 0.3 is 0 Å². The summed E-state index contributed by atoms with van der Waals surface area (Å²) in [6.07, 6.45) is 0. The van der Waals surface area contributed by atoms with Crippen molar-refractivity contribution in [2.45, 2.75) is 119 Å². The van der Waals surface area contributed by atoms with Gasteiger partial charge in [0.25, 0.3) is 0 Å². The van der Waals surface area contributed by atoms with Crippen LogP contribution in [-0.2, 0) is 0 Å². The van der Waals surface area contributed by atoms with Crippen molar-refractivity contribution in [1.29, 1.82) is 0 Å². The number of phenolic OH excluding ortho intramolecular Hbond substituents is 12. The standard InChI is InChI=1S/C44H38O4.C40H36O4.C36H33BrO4/c1-25-21-29(45)13-17-33(25)41(34-18-14-30(46)22-26(34)2)43-37-9-5-7-11-39(37)44(40-12-8-6-10-38(40)43)42(35-19-15-31(47)23-27(35)3)36-20-16-32(48)24-28(36)4;1-23-19-27(41)9-13-31(23)39(32-14-10-28(42)20-24(32)2)37-17-18-38(36-8-6-5-7-35(36)37)40(33-15-11-29(43)21-25(33)3)34-16-12-30(44)22-26(34)4;1-20-15-25(38)6-11-29(20)35(30-12-7-26(39)16-21(30)2)24-5-10-33(34(37)19-24)36(31-13-8-27(40)17-22(31)3)32-14-9-28(41)18-23(32)4/h5-24,41-42,45-48H,1-4H3;5-22,39-44H,1-4H3;5-19,35-36,38-41H,1-4H3. The Morgan fingerprint density at radius 2 is 0.301 bits per heavy atom. The van der Waals surface area contributed by atoms with E-state index >= 15 is 0 Å². The molecule has 0 saturated carbocycles. The highest BCUT2D eigenvalue weighted by Crippen LogP contribution is 2.53. The van der Waals surface area contributed by atoms with Gasteiger partial charge < -0.3 is 61.3 Å². The third kappa shape index (κ3) is 18.6. The van der Waals surface area contributed by atoms with Crippen LogP contribution in [0, 0.1) is 83.1 Å². The molecular formula is C120H107BrO12. The number of rotatable bonds is 18. The van der Waals surface area contributed by atoms with E-state index in [1.54, 1.807) is 121 Å². The van der Waals surface area contributed by atoms with Crippen LogP contribution in [0.1, 0.15) is 202 Å². The molecule has 0 aliphatic carbocycles. The van der Waals surface area contributed by atoms with Gasteiger partial charge in [0.15, 0.2) is 0 Å². The summed E-state index contributed by atoms with van der Waals surface area (Å²) in [5.74, 6) is 1.67. The fraction of sp³-hybridized carbons (Fsp3) is 0.150. The van der Waals surface area contributed by atoms with Crippen molar-refractivity contribution in [1.82, 2.24) is 0 Å². The van der Waals surface area contributed by atoms with Crippen LogP contribution < -0.4 is 0 Å². The number of aryl methyl sites for hydroxylation is 12. The Hall–Kier alpha value is -15.2. The van der Waals surface area contributed by atoms with Gasteiger partial charge in [0.1, 0.15) is 69.0 Å². The highest BCUT2D eigenvalue weighted by molar-refractivity contribution is 9.10. The number of halogens is 1. The Kier molecular flexibility index (Phi) is 26.1. The van der Waals surface area contributed by atoms with Gasteiger partial charge in [-0.05, 0) is 434 Å². The molecule has 13 heteroatoms. The lowest BCUT2D eigenvalue weighted by molar-refractivity contribution is 0.473. The van der Waals surface area contributed by atoms with Crippen molar-refractivity contribution in [3.63, 3.8) is 0 Å². The molecule has 0 bridgehead atoms. The van der Waals surface area contributed by atoms with E-state index in [0.29, 0.717) is 0 Å². The SMILES string of the molecule is Cc1cc(O)ccc1C(c1ccc(C(c2ccc(O)cc2C)c2ccc(O)cc2C)c(Br)c1)c1ccc(O)cc1C.Cc1cc(O)ccc1C(c1ccc(O)cc1C)c1c2ccccc2c(C(c2ccc(O)cc2C)c2ccc(O)cc2C)c2ccccc12.Cc1cc(O)ccc1C(c1ccc(O)cc1C)c1ccc(C(c2ccc(O)cc2C)c2ccc(O)cc2C)c2ccccc12. The van der Waals surface area contributed by atoms with Gasteiger partial charge in [-0.3, -0.25) is 0 Å². The molecule has 0 saturated heterocycles. The monoisotopic (exact) mass is 1820 g/mol. The summed E-state index contributed by atoms with van der Waals surface area (Å²) in [6, 6.07) is 103. The van der Waals surface area contributed by atoms with E-state index in [0.717, 1.165) is 204 Å². The van der Waals surface area contributed by atoms with Crippen LogP contribution >= 0.6 is 15.9 Å². The van der Waals surface area contributed by atoms with Gasteiger partial charge in [-0.2, -0.15) is 0 Å². The smallest absolute Gasteiger partial charge is 0.115 e. The van der Waals surface area contributed by atoms with E-state index in [-0.39, 0.29) is 105 Å². The number of hydrogen-bond donors (Lipinski definition) is 12. The summed E-state index contributed by atoms with van der Waals surface area (Å²) in [5.41, 5.74) is 31.2. The molecule has 0 unspecified atom stereocenters. The molecule has 666 valence electrons. The van der Waals surface area contributed by atoms with Gasteiger partial charge in [-0.25, -0.2) is 0 Å². The predicted molar refractivity (Wildman–Crippen MR) is 539 cm³/mol. The minimum Gasteiger partial charge on any atom is -0.508 e. The molecule has 0 atom stereocenters. The summed E-state index contributed by atoms with van der Waals surface area (Å²) >= 11 is 3.92. The van der Waals surface area contributed by atoms with Crippen LogP contribution in [0.4, 0.5) is 0 Å². The Morgan fingerprint density at radius 3 is 0.481 bits per heavy atom. The summed E-state index contributed by atoms with van der Waals surface area (Å²) in [4.78, 5) is 0. The van der Waals surface area contributed by atoms with Crippen LogP contribution in [0.3, 0.4) is 0 Å². The Labute approximate surface area is 784 Å². The third-order valence-electron chi connectivity index (χ3n) is 26.6. The molecule has 0 spiro atoms. The Bertz CT molecular complexity index is 6860. The zero-order valence-corrected chi connectivity index (χ0v) is 77.9. The second-order valence-electron chi connectivity index (χ2n) is 35.6. The molecule has 0 aliphatic heterocycles. The van der Waals surface area contributed by atoms with Gasteiger partial charge in [0.05, 0.1) is 0 Å². The maximum absolute atomic E-state index is 10.4. The number of hydrogen-bond acceptors (Lipinski definition) is 12. The van der Waals surface area contributed by atoms with Gasteiger partial charge in [0, 0.05) is 40.0 Å². The molecule has 0 aliphatic rings. The first-order chi connectivity index (χ1) is 63.8. The number of aromatic hydroxyl groups is 12. The first-order valence-corrected chi connectivity index (χ1v) is 45.3. The number of fused-ring (bicyclic) bond motifs is 3. The normalized spacial score (nSPS) is 11.5. The van der Waals surface area contributed by atoms with E-state index in [9.17, 15) is 61.3 Å². The topological polar surface area (TPSA) is 243 Å². The predicted octanol–water partition coefficient (Wildman–Crippen LogP) is 28.5. The van der Waals surface area contributed by atoms with E-state index in [4.69, 9.17) is 0 Å². The van der Waals surface area contributed by atoms with Crippen molar-refractivity contribution >= 4 is 48.2 Å². The lowest BCUT2D eigenvalue weighted by atomic mass is 9.73. The molecule has 0 fully saturated rings. The van der Waals surface area contributed by atoms with Gasteiger partial charge in [-0.1, -0.05) is 186 Å². The zero-order valence-electron chi connectivity index (χ0n) is 76.3. The first-order valence-electron chi connectivity index (χ1n) is 44.6. The fourth-order valence-electron chi connectivity index (χ4n) is 20.4. The van der Waals surface area contributed by atoms with Crippen molar-refractivity contribution < 1.29 is 61.3 Å². The van der Waals surface area contributed by atoms with Crippen LogP contribution in [0.2, 0.25) is 0 Å². The first kappa shape index (κ1) is 91.1. The van der Waals surface area contributed by atoms with E-state index in [1.165, 1.54) is 0 Å². The molecule has 12 nitrogen and oxygen atoms in total.